The summed E-state index contributed by atoms with van der Waals surface area (Å²) in [5.41, 5.74) is 0.0139. The monoisotopic (exact) mass is 496 g/mol. The highest BCUT2D eigenvalue weighted by Gasteiger charge is 2.56. The fourth-order valence-corrected chi connectivity index (χ4v) is 3.71. The molecule has 35 heavy (non-hydrogen) atoms. The lowest BCUT2D eigenvalue weighted by Crippen LogP contribution is -2.19. The standard InChI is InChI=1S/C23H17ClN4O7/c1-11(13-5-3-4-6-14(13)24)32-22(31)26-17-12(2)35-28-15(17)7-8-16-25-18-19(33-16)34-20(27-18)23(9-10-23)21(29)30/h3-6,11H,9-10H2,1-2H3,(H,26,31)(H,29,30). The number of ether oxygens (including phenoxy) is 1. The van der Waals surface area contributed by atoms with Gasteiger partial charge in [0.15, 0.2) is 11.5 Å². The van der Waals surface area contributed by atoms with Crippen molar-refractivity contribution in [1.29, 1.82) is 0 Å². The van der Waals surface area contributed by atoms with Crippen LogP contribution in [0.3, 0.4) is 0 Å². The number of hydrogen-bond donors (Lipinski definition) is 2. The zero-order chi connectivity index (χ0) is 24.7. The Morgan fingerprint density at radius 2 is 2.00 bits per heavy atom. The molecule has 11 nitrogen and oxygen atoms in total. The van der Waals surface area contributed by atoms with Crippen molar-refractivity contribution in [3.05, 3.63) is 58.1 Å². The summed E-state index contributed by atoms with van der Waals surface area (Å²) in [4.78, 5) is 32.1. The number of nitrogens with zero attached hydrogens (tertiary/aromatic N) is 3. The lowest BCUT2D eigenvalue weighted by Gasteiger charge is -2.15. The third-order valence-electron chi connectivity index (χ3n) is 5.55. The number of aliphatic carboxylic acids is 1. The summed E-state index contributed by atoms with van der Waals surface area (Å²) in [6.45, 7) is 3.30. The van der Waals surface area contributed by atoms with Gasteiger partial charge >= 0.3 is 17.8 Å². The maximum absolute atomic E-state index is 12.4. The van der Waals surface area contributed by atoms with Crippen LogP contribution in [0, 0.1) is 18.8 Å². The molecule has 1 atom stereocenters. The van der Waals surface area contributed by atoms with Crippen LogP contribution in [-0.4, -0.2) is 32.3 Å². The minimum atomic E-state index is -1.11. The van der Waals surface area contributed by atoms with Crippen molar-refractivity contribution in [3.8, 4) is 11.8 Å². The smallest absolute Gasteiger partial charge is 0.412 e. The molecule has 1 fully saturated rings. The number of oxazole rings is 2. The lowest BCUT2D eigenvalue weighted by atomic mass is 10.1. The second-order valence-corrected chi connectivity index (χ2v) is 8.35. The first-order valence-electron chi connectivity index (χ1n) is 10.5. The highest BCUT2D eigenvalue weighted by Crippen LogP contribution is 2.48. The molecule has 3 heterocycles. The van der Waals surface area contributed by atoms with E-state index in [2.05, 4.69) is 32.3 Å². The molecule has 1 aromatic carbocycles. The van der Waals surface area contributed by atoms with Crippen molar-refractivity contribution < 1.29 is 32.8 Å². The van der Waals surface area contributed by atoms with Gasteiger partial charge in [-0.15, -0.1) is 0 Å². The summed E-state index contributed by atoms with van der Waals surface area (Å²) in [6.07, 6.45) is -0.461. The molecule has 178 valence electrons. The Bertz CT molecular complexity index is 1490. The molecule has 4 aromatic rings. The second kappa shape index (κ2) is 8.48. The van der Waals surface area contributed by atoms with Crippen LogP contribution in [0.2, 0.25) is 5.02 Å². The van der Waals surface area contributed by atoms with Crippen LogP contribution in [0.4, 0.5) is 10.5 Å². The van der Waals surface area contributed by atoms with Crippen LogP contribution in [0.1, 0.15) is 54.7 Å². The minimum absolute atomic E-state index is 0.0244. The second-order valence-electron chi connectivity index (χ2n) is 7.94. The zero-order valence-electron chi connectivity index (χ0n) is 18.4. The van der Waals surface area contributed by atoms with E-state index in [0.29, 0.717) is 29.2 Å². The van der Waals surface area contributed by atoms with E-state index < -0.39 is 23.6 Å². The maximum atomic E-state index is 12.4. The van der Waals surface area contributed by atoms with E-state index in [-0.39, 0.29) is 34.6 Å². The summed E-state index contributed by atoms with van der Waals surface area (Å²) < 4.78 is 21.4. The van der Waals surface area contributed by atoms with E-state index in [9.17, 15) is 14.7 Å². The van der Waals surface area contributed by atoms with Crippen molar-refractivity contribution in [2.75, 3.05) is 5.32 Å². The molecule has 1 unspecified atom stereocenters. The van der Waals surface area contributed by atoms with Crippen molar-refractivity contribution in [2.24, 2.45) is 0 Å². The Balaban J connectivity index is 1.30. The number of rotatable bonds is 5. The molecule has 5 rings (SSSR count). The topological polar surface area (TPSA) is 154 Å². The summed E-state index contributed by atoms with van der Waals surface area (Å²) in [7, 11) is 0. The van der Waals surface area contributed by atoms with E-state index in [4.69, 9.17) is 29.7 Å². The SMILES string of the molecule is Cc1onc(C#Cc2nc3nc(C4(C(=O)O)CC4)oc3o2)c1NC(=O)OC(C)c1ccccc1Cl. The van der Waals surface area contributed by atoms with E-state index in [1.165, 1.54) is 0 Å². The number of amides is 1. The predicted molar refractivity (Wildman–Crippen MR) is 120 cm³/mol. The van der Waals surface area contributed by atoms with Gasteiger partial charge in [-0.25, -0.2) is 4.79 Å². The molecular formula is C23H17ClN4O7. The Hall–Kier alpha value is -4.30. The zero-order valence-corrected chi connectivity index (χ0v) is 19.2. The van der Waals surface area contributed by atoms with Gasteiger partial charge < -0.3 is 23.2 Å². The number of carbonyl (C=O) groups excluding carboxylic acids is 1. The highest BCUT2D eigenvalue weighted by molar-refractivity contribution is 6.31. The third-order valence-corrected chi connectivity index (χ3v) is 5.89. The number of nitrogens with one attached hydrogen (secondary N) is 1. The summed E-state index contributed by atoms with van der Waals surface area (Å²) >= 11 is 6.16. The number of aryl methyl sites for hydroxylation is 1. The van der Waals surface area contributed by atoms with Crippen LogP contribution in [0.15, 0.2) is 37.6 Å². The van der Waals surface area contributed by atoms with Gasteiger partial charge in [0.05, 0.1) is 0 Å². The van der Waals surface area contributed by atoms with E-state index in [1.54, 1.807) is 38.1 Å². The van der Waals surface area contributed by atoms with E-state index in [0.717, 1.165) is 0 Å². The fraction of sp³-hybridized carbons (Fsp3) is 0.261. The molecule has 1 saturated carbocycles. The summed E-state index contributed by atoms with van der Waals surface area (Å²) in [5.74, 6) is 4.69. The predicted octanol–water partition coefficient (Wildman–Crippen LogP) is 4.59. The van der Waals surface area contributed by atoms with Crippen molar-refractivity contribution in [3.63, 3.8) is 0 Å². The van der Waals surface area contributed by atoms with Gasteiger partial charge in [0.1, 0.15) is 17.2 Å². The van der Waals surface area contributed by atoms with Gasteiger partial charge in [0.2, 0.25) is 11.5 Å². The molecule has 0 saturated heterocycles. The highest BCUT2D eigenvalue weighted by atomic mass is 35.5. The van der Waals surface area contributed by atoms with Crippen molar-refractivity contribution in [2.45, 2.75) is 38.2 Å². The third kappa shape index (κ3) is 4.20. The molecule has 0 radical (unpaired) electrons. The van der Waals surface area contributed by atoms with E-state index >= 15 is 0 Å². The number of carboxylic acid groups (broad SMARTS) is 1. The molecule has 3 aromatic heterocycles. The number of carboxylic acids is 1. The Labute approximate surface area is 202 Å². The van der Waals surface area contributed by atoms with Gasteiger partial charge in [0.25, 0.3) is 5.89 Å². The number of carbonyl (C=O) groups is 2. The molecule has 1 aliphatic rings. The van der Waals surface area contributed by atoms with E-state index in [1.807, 2.05) is 0 Å². The van der Waals surface area contributed by atoms with Crippen LogP contribution in [-0.2, 0) is 14.9 Å². The summed E-state index contributed by atoms with van der Waals surface area (Å²) in [5, 5.41) is 16.3. The van der Waals surface area contributed by atoms with Gasteiger partial charge in [-0.2, -0.15) is 9.97 Å². The molecule has 0 bridgehead atoms. The fourth-order valence-electron chi connectivity index (χ4n) is 3.42. The van der Waals surface area contributed by atoms with Gasteiger partial charge in [-0.05, 0) is 38.7 Å². The largest absolute Gasteiger partial charge is 0.480 e. The number of fused-ring (bicyclic) bond motifs is 1. The number of hydrogen-bond acceptors (Lipinski definition) is 9. The average Bonchev–Trinajstić information content (AvgIpc) is 3.25. The number of benzene rings is 1. The van der Waals surface area contributed by atoms with Gasteiger partial charge in [-0.3, -0.25) is 10.1 Å². The summed E-state index contributed by atoms with van der Waals surface area (Å²) in [6, 6.07) is 7.04. The number of halogens is 1. The number of anilines is 1. The molecular weight excluding hydrogens is 480 g/mol. The first-order valence-corrected chi connectivity index (χ1v) is 10.9. The van der Waals surface area contributed by atoms with Crippen LogP contribution in [0.5, 0.6) is 0 Å². The molecule has 12 heteroatoms. The molecule has 2 N–H and O–H groups in total. The van der Waals surface area contributed by atoms with Crippen LogP contribution >= 0.6 is 11.6 Å². The van der Waals surface area contributed by atoms with Crippen molar-refractivity contribution >= 4 is 40.8 Å². The normalized spacial score (nSPS) is 14.7. The first kappa shape index (κ1) is 22.5. The molecule has 1 amide bonds. The van der Waals surface area contributed by atoms with Gasteiger partial charge in [-0.1, -0.05) is 35.0 Å². The first-order chi connectivity index (χ1) is 16.8. The van der Waals surface area contributed by atoms with Gasteiger partial charge in [0, 0.05) is 16.5 Å². The lowest BCUT2D eigenvalue weighted by molar-refractivity contribution is -0.140. The Morgan fingerprint density at radius 3 is 2.69 bits per heavy atom. The average molecular weight is 497 g/mol. The molecule has 1 aliphatic carbocycles. The Kier molecular flexibility index (Phi) is 5.45. The van der Waals surface area contributed by atoms with Crippen LogP contribution < -0.4 is 5.32 Å². The molecule has 0 spiro atoms. The number of aromatic nitrogens is 3. The minimum Gasteiger partial charge on any atom is -0.480 e. The molecule has 0 aliphatic heterocycles. The van der Waals surface area contributed by atoms with Crippen molar-refractivity contribution in [1.82, 2.24) is 15.1 Å². The Morgan fingerprint density at radius 1 is 1.23 bits per heavy atom. The van der Waals surface area contributed by atoms with Crippen LogP contribution in [0.25, 0.3) is 11.4 Å². The quantitative estimate of drug-likeness (QED) is 0.375. The maximum Gasteiger partial charge on any atom is 0.412 e.